The molecule has 0 spiro atoms. The molecule has 17 heavy (non-hydrogen) atoms. The standard InChI is InChI=1S/C11H13F4NS/c12-10-4-2-1-3-9(10)8(7-16)5-6-17-11(13,14)15/h1-4,8H,5-7,16H2. The van der Waals surface area contributed by atoms with E-state index in [-0.39, 0.29) is 36.4 Å². The Balaban J connectivity index is 2.58. The highest BCUT2D eigenvalue weighted by Crippen LogP contribution is 2.33. The predicted octanol–water partition coefficient (Wildman–Crippen LogP) is 3.51. The van der Waals surface area contributed by atoms with E-state index in [0.29, 0.717) is 5.56 Å². The van der Waals surface area contributed by atoms with Gasteiger partial charge in [0.25, 0.3) is 0 Å². The summed E-state index contributed by atoms with van der Waals surface area (Å²) in [4.78, 5) is 0. The molecule has 0 radical (unpaired) electrons. The summed E-state index contributed by atoms with van der Waals surface area (Å²) in [5.41, 5.74) is 1.61. The Labute approximate surface area is 101 Å². The number of halogens is 4. The van der Waals surface area contributed by atoms with Crippen LogP contribution in [0.15, 0.2) is 24.3 Å². The Kier molecular flexibility index (Phi) is 5.27. The molecule has 6 heteroatoms. The average Bonchev–Trinajstić information content (AvgIpc) is 2.24. The van der Waals surface area contributed by atoms with E-state index in [0.717, 1.165) is 0 Å². The van der Waals surface area contributed by atoms with Gasteiger partial charge in [-0.15, -0.1) is 0 Å². The van der Waals surface area contributed by atoms with Crippen LogP contribution in [0.25, 0.3) is 0 Å². The maximum Gasteiger partial charge on any atom is 0.441 e. The highest BCUT2D eigenvalue weighted by molar-refractivity contribution is 8.00. The van der Waals surface area contributed by atoms with E-state index >= 15 is 0 Å². The van der Waals surface area contributed by atoms with Crippen LogP contribution in [0.3, 0.4) is 0 Å². The molecule has 1 rings (SSSR count). The van der Waals surface area contributed by atoms with Gasteiger partial charge in [0.05, 0.1) is 0 Å². The SMILES string of the molecule is NCC(CCSC(F)(F)F)c1ccccc1F. The summed E-state index contributed by atoms with van der Waals surface area (Å²) in [6.07, 6.45) is 0.210. The van der Waals surface area contributed by atoms with E-state index < -0.39 is 11.3 Å². The fourth-order valence-electron chi connectivity index (χ4n) is 1.52. The molecule has 96 valence electrons. The summed E-state index contributed by atoms with van der Waals surface area (Å²) >= 11 is -0.100. The second-order valence-electron chi connectivity index (χ2n) is 3.54. The molecule has 1 nitrogen and oxygen atoms in total. The first-order chi connectivity index (χ1) is 7.94. The van der Waals surface area contributed by atoms with Gasteiger partial charge >= 0.3 is 5.51 Å². The molecule has 0 aliphatic heterocycles. The largest absolute Gasteiger partial charge is 0.441 e. The molecular weight excluding hydrogens is 254 g/mol. The van der Waals surface area contributed by atoms with E-state index in [4.69, 9.17) is 5.73 Å². The predicted molar refractivity (Wildman–Crippen MR) is 61.3 cm³/mol. The molecule has 0 saturated carbocycles. The molecule has 1 aromatic carbocycles. The maximum atomic E-state index is 13.4. The molecule has 0 aromatic heterocycles. The number of nitrogens with two attached hydrogens (primary N) is 1. The highest BCUT2D eigenvalue weighted by atomic mass is 32.2. The van der Waals surface area contributed by atoms with Crippen LogP contribution in [0.5, 0.6) is 0 Å². The zero-order valence-corrected chi connectivity index (χ0v) is 9.82. The summed E-state index contributed by atoms with van der Waals surface area (Å²) in [5.74, 6) is -0.898. The number of thioether (sulfide) groups is 1. The van der Waals surface area contributed by atoms with E-state index in [1.165, 1.54) is 12.1 Å². The Morgan fingerprint density at radius 2 is 1.88 bits per heavy atom. The number of benzene rings is 1. The first-order valence-corrected chi connectivity index (χ1v) is 6.08. The minimum absolute atomic E-state index is 0.100. The van der Waals surface area contributed by atoms with E-state index in [9.17, 15) is 17.6 Å². The Morgan fingerprint density at radius 3 is 2.41 bits per heavy atom. The lowest BCUT2D eigenvalue weighted by molar-refractivity contribution is -0.0328. The first kappa shape index (κ1) is 14.3. The molecule has 2 N–H and O–H groups in total. The van der Waals surface area contributed by atoms with Crippen LogP contribution in [0.4, 0.5) is 17.6 Å². The molecule has 0 saturated heterocycles. The third kappa shape index (κ3) is 4.95. The molecule has 1 atom stereocenters. The number of hydrogen-bond acceptors (Lipinski definition) is 2. The second-order valence-corrected chi connectivity index (χ2v) is 4.70. The Bertz CT molecular complexity index is 354. The number of rotatable bonds is 5. The van der Waals surface area contributed by atoms with Gasteiger partial charge in [0.2, 0.25) is 0 Å². The van der Waals surface area contributed by atoms with Crippen LogP contribution in [-0.4, -0.2) is 17.8 Å². The third-order valence-corrected chi connectivity index (χ3v) is 3.13. The van der Waals surface area contributed by atoms with Crippen LogP contribution >= 0.6 is 11.8 Å². The lowest BCUT2D eigenvalue weighted by atomic mass is 9.96. The summed E-state index contributed by atoms with van der Waals surface area (Å²) in [6, 6.07) is 6.04. The molecule has 0 aliphatic rings. The van der Waals surface area contributed by atoms with E-state index in [2.05, 4.69) is 0 Å². The molecule has 1 aromatic rings. The van der Waals surface area contributed by atoms with Crippen molar-refractivity contribution < 1.29 is 17.6 Å². The highest BCUT2D eigenvalue weighted by Gasteiger charge is 2.28. The van der Waals surface area contributed by atoms with Crippen LogP contribution in [0, 0.1) is 5.82 Å². The van der Waals surface area contributed by atoms with E-state index in [1.54, 1.807) is 12.1 Å². The van der Waals surface area contributed by atoms with Crippen molar-refractivity contribution >= 4 is 11.8 Å². The zero-order valence-electron chi connectivity index (χ0n) is 9.01. The van der Waals surface area contributed by atoms with Gasteiger partial charge in [-0.3, -0.25) is 0 Å². The normalized spacial score (nSPS) is 13.7. The van der Waals surface area contributed by atoms with E-state index in [1.807, 2.05) is 0 Å². The molecule has 1 unspecified atom stereocenters. The quantitative estimate of drug-likeness (QED) is 0.826. The van der Waals surface area contributed by atoms with Gasteiger partial charge in [0.15, 0.2) is 0 Å². The lowest BCUT2D eigenvalue weighted by Gasteiger charge is -2.16. The van der Waals surface area contributed by atoms with Gasteiger partial charge in [-0.1, -0.05) is 30.0 Å². The fourth-order valence-corrected chi connectivity index (χ4v) is 2.16. The zero-order chi connectivity index (χ0) is 12.9. The smallest absolute Gasteiger partial charge is 0.330 e. The van der Waals surface area contributed by atoms with Crippen molar-refractivity contribution in [3.05, 3.63) is 35.6 Å². The molecule has 0 bridgehead atoms. The monoisotopic (exact) mass is 267 g/mol. The average molecular weight is 267 g/mol. The van der Waals surface area contributed by atoms with Gasteiger partial charge in [-0.05, 0) is 30.5 Å². The van der Waals surface area contributed by atoms with Gasteiger partial charge in [0, 0.05) is 5.75 Å². The molecule has 0 fully saturated rings. The molecule has 0 amide bonds. The van der Waals surface area contributed by atoms with Crippen molar-refractivity contribution in [1.29, 1.82) is 0 Å². The van der Waals surface area contributed by atoms with Gasteiger partial charge in [-0.25, -0.2) is 4.39 Å². The summed E-state index contributed by atoms with van der Waals surface area (Å²) in [7, 11) is 0. The lowest BCUT2D eigenvalue weighted by Crippen LogP contribution is -2.15. The van der Waals surface area contributed by atoms with Crippen molar-refractivity contribution in [2.24, 2.45) is 5.73 Å². The van der Waals surface area contributed by atoms with Gasteiger partial charge < -0.3 is 5.73 Å². The second kappa shape index (κ2) is 6.26. The number of alkyl halides is 3. The van der Waals surface area contributed by atoms with Crippen molar-refractivity contribution in [3.8, 4) is 0 Å². The molecule has 0 aliphatic carbocycles. The Morgan fingerprint density at radius 1 is 1.24 bits per heavy atom. The summed E-state index contributed by atoms with van der Waals surface area (Å²) < 4.78 is 49.3. The molecule has 0 heterocycles. The summed E-state index contributed by atoms with van der Waals surface area (Å²) in [6.45, 7) is 0.138. The minimum Gasteiger partial charge on any atom is -0.330 e. The Hall–Kier alpha value is -0.750. The summed E-state index contributed by atoms with van der Waals surface area (Å²) in [5, 5.41) is 0. The van der Waals surface area contributed by atoms with Crippen LogP contribution in [-0.2, 0) is 0 Å². The van der Waals surface area contributed by atoms with Gasteiger partial charge in [-0.2, -0.15) is 13.2 Å². The maximum absolute atomic E-state index is 13.4. The van der Waals surface area contributed by atoms with Crippen LogP contribution in [0.1, 0.15) is 17.9 Å². The van der Waals surface area contributed by atoms with Crippen molar-refractivity contribution in [2.75, 3.05) is 12.3 Å². The third-order valence-electron chi connectivity index (χ3n) is 2.36. The van der Waals surface area contributed by atoms with Crippen LogP contribution in [0.2, 0.25) is 0 Å². The number of hydrogen-bond donors (Lipinski definition) is 1. The molecular formula is C11H13F4NS. The van der Waals surface area contributed by atoms with Crippen molar-refractivity contribution in [3.63, 3.8) is 0 Å². The topological polar surface area (TPSA) is 26.0 Å². The van der Waals surface area contributed by atoms with Gasteiger partial charge in [0.1, 0.15) is 5.82 Å². The van der Waals surface area contributed by atoms with Crippen molar-refractivity contribution in [1.82, 2.24) is 0 Å². The fraction of sp³-hybridized carbons (Fsp3) is 0.455. The first-order valence-electron chi connectivity index (χ1n) is 5.09. The van der Waals surface area contributed by atoms with Crippen LogP contribution < -0.4 is 5.73 Å². The minimum atomic E-state index is -4.24. The van der Waals surface area contributed by atoms with Crippen molar-refractivity contribution in [2.45, 2.75) is 17.8 Å².